The Hall–Kier alpha value is -2.95. The van der Waals surface area contributed by atoms with Gasteiger partial charge in [0.05, 0.1) is 5.52 Å². The molecule has 0 aliphatic rings. The van der Waals surface area contributed by atoms with E-state index in [1.165, 1.54) is 0 Å². The smallest absolute Gasteiger partial charge is 0.326 e. The van der Waals surface area contributed by atoms with E-state index >= 15 is 0 Å². The van der Waals surface area contributed by atoms with E-state index in [2.05, 4.69) is 15.3 Å². The van der Waals surface area contributed by atoms with E-state index < -0.39 is 12.0 Å². The van der Waals surface area contributed by atoms with Gasteiger partial charge in [0.2, 0.25) is 0 Å². The van der Waals surface area contributed by atoms with Crippen LogP contribution in [0.5, 0.6) is 0 Å². The highest BCUT2D eigenvalue weighted by Crippen LogP contribution is 2.21. The molecule has 0 fully saturated rings. The summed E-state index contributed by atoms with van der Waals surface area (Å²) in [5.41, 5.74) is 1.76. The number of carboxylic acids is 1. The summed E-state index contributed by atoms with van der Waals surface area (Å²) in [5.74, 6) is 0.251. The van der Waals surface area contributed by atoms with Gasteiger partial charge in [-0.3, -0.25) is 0 Å². The lowest BCUT2D eigenvalue weighted by Crippen LogP contribution is -2.32. The minimum atomic E-state index is -0.908. The van der Waals surface area contributed by atoms with Crippen molar-refractivity contribution in [2.75, 3.05) is 5.32 Å². The van der Waals surface area contributed by atoms with Crippen molar-refractivity contribution in [3.8, 4) is 0 Å². The predicted molar refractivity (Wildman–Crippen MR) is 89.5 cm³/mol. The zero-order valence-electron chi connectivity index (χ0n) is 12.7. The first-order valence-corrected chi connectivity index (χ1v) is 7.40. The Balaban J connectivity index is 1.93. The molecule has 5 nitrogen and oxygen atoms in total. The van der Waals surface area contributed by atoms with Gasteiger partial charge in [-0.25, -0.2) is 14.8 Å². The quantitative estimate of drug-likeness (QED) is 0.758. The van der Waals surface area contributed by atoms with E-state index in [0.29, 0.717) is 18.1 Å². The first kappa shape index (κ1) is 15.0. The van der Waals surface area contributed by atoms with E-state index in [9.17, 15) is 9.90 Å². The largest absolute Gasteiger partial charge is 0.480 e. The Morgan fingerprint density at radius 1 is 1.09 bits per heavy atom. The zero-order chi connectivity index (χ0) is 16.2. The number of fused-ring (bicyclic) bond motifs is 1. The highest BCUT2D eigenvalue weighted by molar-refractivity contribution is 5.90. The molecular formula is C18H17N3O2. The van der Waals surface area contributed by atoms with Crippen molar-refractivity contribution in [1.82, 2.24) is 9.97 Å². The molecule has 2 aromatic carbocycles. The van der Waals surface area contributed by atoms with Gasteiger partial charge in [-0.05, 0) is 24.6 Å². The maximum atomic E-state index is 11.6. The summed E-state index contributed by atoms with van der Waals surface area (Å²) < 4.78 is 0. The van der Waals surface area contributed by atoms with Crippen LogP contribution >= 0.6 is 0 Å². The molecule has 0 radical (unpaired) electrons. The van der Waals surface area contributed by atoms with Gasteiger partial charge in [0.15, 0.2) is 0 Å². The van der Waals surface area contributed by atoms with Crippen LogP contribution in [0.25, 0.3) is 10.9 Å². The molecule has 5 heteroatoms. The summed E-state index contributed by atoms with van der Waals surface area (Å²) in [6, 6.07) is 16.4. The lowest BCUT2D eigenvalue weighted by Gasteiger charge is -2.17. The molecule has 23 heavy (non-hydrogen) atoms. The molecule has 0 bridgehead atoms. The molecule has 0 amide bonds. The maximum Gasteiger partial charge on any atom is 0.326 e. The molecule has 1 unspecified atom stereocenters. The average Bonchev–Trinajstić information content (AvgIpc) is 2.55. The van der Waals surface area contributed by atoms with Gasteiger partial charge in [0, 0.05) is 11.8 Å². The summed E-state index contributed by atoms with van der Waals surface area (Å²) in [6.45, 7) is 1.80. The Morgan fingerprint density at radius 3 is 2.52 bits per heavy atom. The maximum absolute atomic E-state index is 11.6. The molecule has 3 rings (SSSR count). The van der Waals surface area contributed by atoms with Crippen molar-refractivity contribution in [3.05, 3.63) is 66.0 Å². The van der Waals surface area contributed by atoms with Crippen LogP contribution in [0.2, 0.25) is 0 Å². The molecule has 0 saturated heterocycles. The summed E-state index contributed by atoms with van der Waals surface area (Å²) in [6.07, 6.45) is 0.382. The molecule has 1 atom stereocenters. The summed E-state index contributed by atoms with van der Waals surface area (Å²) in [5, 5.41) is 13.4. The molecule has 0 aliphatic carbocycles. The van der Waals surface area contributed by atoms with Crippen LogP contribution in [0.15, 0.2) is 54.6 Å². The number of hydrogen-bond acceptors (Lipinski definition) is 4. The monoisotopic (exact) mass is 307 g/mol. The topological polar surface area (TPSA) is 75.1 Å². The van der Waals surface area contributed by atoms with Crippen molar-refractivity contribution in [2.45, 2.75) is 19.4 Å². The number of nitrogens with one attached hydrogen (secondary N) is 1. The highest BCUT2D eigenvalue weighted by atomic mass is 16.4. The summed E-state index contributed by atoms with van der Waals surface area (Å²) >= 11 is 0. The predicted octanol–water partition coefficient (Wildman–Crippen LogP) is 3.05. The number of carbonyl (C=O) groups is 1. The van der Waals surface area contributed by atoms with Crippen LogP contribution in [0.3, 0.4) is 0 Å². The van der Waals surface area contributed by atoms with Crippen LogP contribution in [0, 0.1) is 6.92 Å². The molecule has 0 aliphatic heterocycles. The number of para-hydroxylation sites is 1. The number of aliphatic carboxylic acids is 1. The van der Waals surface area contributed by atoms with Gasteiger partial charge in [0.1, 0.15) is 17.7 Å². The third kappa shape index (κ3) is 3.45. The SMILES string of the molecule is Cc1nc(NC(Cc2ccccc2)C(=O)O)c2ccccc2n1. The van der Waals surface area contributed by atoms with Crippen LogP contribution in [0.4, 0.5) is 5.82 Å². The van der Waals surface area contributed by atoms with Gasteiger partial charge in [-0.15, -0.1) is 0 Å². The third-order valence-corrected chi connectivity index (χ3v) is 3.61. The standard InChI is InChI=1S/C18H17N3O2/c1-12-19-15-10-6-5-9-14(15)17(20-12)21-16(18(22)23)11-13-7-3-2-4-8-13/h2-10,16H,11H2,1H3,(H,22,23)(H,19,20,21). The second-order valence-corrected chi connectivity index (χ2v) is 5.36. The Labute approximate surface area is 134 Å². The minimum absolute atomic E-state index is 0.382. The summed E-state index contributed by atoms with van der Waals surface area (Å²) in [7, 11) is 0. The lowest BCUT2D eigenvalue weighted by atomic mass is 10.1. The van der Waals surface area contributed by atoms with Crippen LogP contribution in [-0.4, -0.2) is 27.1 Å². The van der Waals surface area contributed by atoms with E-state index in [4.69, 9.17) is 0 Å². The van der Waals surface area contributed by atoms with Crippen molar-refractivity contribution < 1.29 is 9.90 Å². The second kappa shape index (κ2) is 6.44. The van der Waals surface area contributed by atoms with E-state index in [-0.39, 0.29) is 0 Å². The van der Waals surface area contributed by atoms with Crippen molar-refractivity contribution in [2.24, 2.45) is 0 Å². The fourth-order valence-electron chi connectivity index (χ4n) is 2.52. The first-order chi connectivity index (χ1) is 11.1. The van der Waals surface area contributed by atoms with E-state index in [1.54, 1.807) is 6.92 Å². The number of rotatable bonds is 5. The zero-order valence-corrected chi connectivity index (χ0v) is 12.7. The molecule has 1 heterocycles. The van der Waals surface area contributed by atoms with Gasteiger partial charge in [-0.2, -0.15) is 0 Å². The van der Waals surface area contributed by atoms with Crippen molar-refractivity contribution >= 4 is 22.7 Å². The normalized spacial score (nSPS) is 12.0. The fraction of sp³-hybridized carbons (Fsp3) is 0.167. The summed E-state index contributed by atoms with van der Waals surface area (Å²) in [4.78, 5) is 20.4. The van der Waals surface area contributed by atoms with Crippen molar-refractivity contribution in [1.29, 1.82) is 0 Å². The Kier molecular flexibility index (Phi) is 4.19. The third-order valence-electron chi connectivity index (χ3n) is 3.61. The van der Waals surface area contributed by atoms with Crippen LogP contribution in [0.1, 0.15) is 11.4 Å². The molecular weight excluding hydrogens is 290 g/mol. The van der Waals surface area contributed by atoms with Gasteiger partial charge < -0.3 is 10.4 Å². The van der Waals surface area contributed by atoms with Gasteiger partial charge in [-0.1, -0.05) is 42.5 Å². The average molecular weight is 307 g/mol. The van der Waals surface area contributed by atoms with E-state index in [1.807, 2.05) is 54.6 Å². The number of anilines is 1. The van der Waals surface area contributed by atoms with Gasteiger partial charge in [0.25, 0.3) is 0 Å². The number of carboxylic acid groups (broad SMARTS) is 1. The number of nitrogens with zero attached hydrogens (tertiary/aromatic N) is 2. The molecule has 2 N–H and O–H groups in total. The van der Waals surface area contributed by atoms with Gasteiger partial charge >= 0.3 is 5.97 Å². The Bertz CT molecular complexity index is 834. The van der Waals surface area contributed by atoms with E-state index in [0.717, 1.165) is 16.5 Å². The Morgan fingerprint density at radius 2 is 1.78 bits per heavy atom. The molecule has 0 spiro atoms. The molecule has 1 aromatic heterocycles. The molecule has 116 valence electrons. The number of hydrogen-bond donors (Lipinski definition) is 2. The van der Waals surface area contributed by atoms with Crippen LogP contribution < -0.4 is 5.32 Å². The van der Waals surface area contributed by atoms with Crippen LogP contribution in [-0.2, 0) is 11.2 Å². The lowest BCUT2D eigenvalue weighted by molar-refractivity contribution is -0.137. The number of aromatic nitrogens is 2. The molecule has 0 saturated carbocycles. The van der Waals surface area contributed by atoms with Crippen molar-refractivity contribution in [3.63, 3.8) is 0 Å². The molecule has 3 aromatic rings. The highest BCUT2D eigenvalue weighted by Gasteiger charge is 2.19. The first-order valence-electron chi connectivity index (χ1n) is 7.40. The second-order valence-electron chi connectivity index (χ2n) is 5.36. The fourth-order valence-corrected chi connectivity index (χ4v) is 2.52. The minimum Gasteiger partial charge on any atom is -0.480 e. The number of benzene rings is 2. The number of aryl methyl sites for hydroxylation is 1.